The number of carboxylic acid groups (broad SMARTS) is 1. The smallest absolute Gasteiger partial charge is 0.426 e. The fraction of sp³-hybridized carbons (Fsp3) is 0.235. The maximum absolute atomic E-state index is 13.2. The highest BCUT2D eigenvalue weighted by Gasteiger charge is 2.52. The minimum absolute atomic E-state index is 0.0234. The number of rotatable bonds is 4. The summed E-state index contributed by atoms with van der Waals surface area (Å²) in [6.45, 7) is 0. The number of nitrogens with zero attached hydrogens (tertiary/aromatic N) is 1. The van der Waals surface area contributed by atoms with E-state index >= 15 is 0 Å². The van der Waals surface area contributed by atoms with Gasteiger partial charge in [-0.3, -0.25) is 14.9 Å². The lowest BCUT2D eigenvalue weighted by atomic mass is 9.90. The minimum Gasteiger partial charge on any atom is -0.481 e. The molecule has 148 valence electrons. The molecule has 0 amide bonds. The third-order valence-electron chi connectivity index (χ3n) is 4.09. The van der Waals surface area contributed by atoms with E-state index in [9.17, 15) is 28.1 Å². The number of carbonyl (C=O) groups is 1. The van der Waals surface area contributed by atoms with Gasteiger partial charge in [-0.15, -0.1) is 0 Å². The average Bonchev–Trinajstić information content (AvgIpc) is 2.61. The number of fused-ring (bicyclic) bond motifs is 1. The van der Waals surface area contributed by atoms with Gasteiger partial charge in [0, 0.05) is 18.2 Å². The first-order valence-electron chi connectivity index (χ1n) is 7.77. The zero-order chi connectivity index (χ0) is 20.6. The Morgan fingerprint density at radius 1 is 1.29 bits per heavy atom. The molecule has 0 saturated heterocycles. The first-order valence-corrected chi connectivity index (χ1v) is 8.15. The molecule has 0 bridgehead atoms. The van der Waals surface area contributed by atoms with Gasteiger partial charge in [-0.2, -0.15) is 13.2 Å². The van der Waals surface area contributed by atoms with E-state index in [4.69, 9.17) is 26.2 Å². The van der Waals surface area contributed by atoms with E-state index in [0.717, 1.165) is 6.07 Å². The molecule has 2 atom stereocenters. The van der Waals surface area contributed by atoms with Crippen LogP contribution in [0.2, 0.25) is 5.02 Å². The summed E-state index contributed by atoms with van der Waals surface area (Å²) in [5.41, 5.74) is 0.0360. The van der Waals surface area contributed by atoms with E-state index in [1.165, 1.54) is 30.3 Å². The summed E-state index contributed by atoms with van der Waals surface area (Å²) in [4.78, 5) is 21.3. The van der Waals surface area contributed by atoms with Crippen LogP contribution in [-0.2, 0) is 11.2 Å². The zero-order valence-corrected chi connectivity index (χ0v) is 14.5. The van der Waals surface area contributed by atoms with Gasteiger partial charge >= 0.3 is 12.1 Å². The van der Waals surface area contributed by atoms with E-state index in [0.29, 0.717) is 0 Å². The van der Waals surface area contributed by atoms with Crippen molar-refractivity contribution in [1.82, 2.24) is 0 Å². The van der Waals surface area contributed by atoms with Gasteiger partial charge in [0.25, 0.3) is 5.69 Å². The fourth-order valence-corrected chi connectivity index (χ4v) is 2.99. The van der Waals surface area contributed by atoms with Crippen molar-refractivity contribution in [1.29, 1.82) is 0 Å². The Hall–Kier alpha value is -3.01. The normalized spacial score (nSPS) is 18.7. The summed E-state index contributed by atoms with van der Waals surface area (Å²) in [5.74, 6) is -3.50. The lowest BCUT2D eigenvalue weighted by molar-refractivity contribution is -0.384. The average molecular weight is 418 g/mol. The summed E-state index contributed by atoms with van der Waals surface area (Å²) >= 11 is 6.09. The fourth-order valence-electron chi connectivity index (χ4n) is 2.76. The Bertz CT molecular complexity index is 932. The number of hydrogen-bond acceptors (Lipinski definition) is 5. The molecule has 0 spiro atoms. The van der Waals surface area contributed by atoms with Gasteiger partial charge in [-0.1, -0.05) is 11.6 Å². The van der Waals surface area contributed by atoms with Crippen molar-refractivity contribution in [3.8, 4) is 17.2 Å². The molecule has 0 aromatic heterocycles. The van der Waals surface area contributed by atoms with Crippen molar-refractivity contribution in [2.45, 2.75) is 18.7 Å². The van der Waals surface area contributed by atoms with Crippen LogP contribution < -0.4 is 9.47 Å². The molecule has 1 N–H and O–H groups in total. The SMILES string of the molecule is O=C(O)[C@@H]1Cc2cc(Cl)c(Oc3ccc([N+](=O)[O-])cc3)cc2O[C@@H]1C(F)(F)F. The Morgan fingerprint density at radius 2 is 1.93 bits per heavy atom. The van der Waals surface area contributed by atoms with Crippen LogP contribution in [0.15, 0.2) is 36.4 Å². The lowest BCUT2D eigenvalue weighted by Crippen LogP contribution is -2.47. The number of benzene rings is 2. The largest absolute Gasteiger partial charge is 0.481 e. The zero-order valence-electron chi connectivity index (χ0n) is 13.8. The molecule has 1 heterocycles. The standard InChI is InChI=1S/C17H11ClF3NO6/c18-12-6-8-5-11(16(23)24)15(17(19,20)21)28-13(8)7-14(12)27-10-3-1-9(2-4-10)22(25)26/h1-4,6-7,11,15H,5H2,(H,23,24)/t11-,15+/m1/s1. The van der Waals surface area contributed by atoms with Crippen molar-refractivity contribution in [2.75, 3.05) is 0 Å². The highest BCUT2D eigenvalue weighted by atomic mass is 35.5. The molecule has 2 aromatic rings. The predicted molar refractivity (Wildman–Crippen MR) is 89.9 cm³/mol. The predicted octanol–water partition coefficient (Wildman–Crippen LogP) is 4.61. The third kappa shape index (κ3) is 3.96. The van der Waals surface area contributed by atoms with Crippen molar-refractivity contribution < 1.29 is 37.5 Å². The van der Waals surface area contributed by atoms with E-state index < -0.39 is 35.5 Å². The van der Waals surface area contributed by atoms with Gasteiger partial charge < -0.3 is 14.6 Å². The van der Waals surface area contributed by atoms with E-state index in [-0.39, 0.29) is 33.5 Å². The Morgan fingerprint density at radius 3 is 2.46 bits per heavy atom. The number of carboxylic acids is 1. The molecule has 0 saturated carbocycles. The number of hydrogen-bond donors (Lipinski definition) is 1. The number of non-ortho nitro benzene ring substituents is 1. The van der Waals surface area contributed by atoms with Crippen LogP contribution in [0, 0.1) is 16.0 Å². The molecule has 11 heteroatoms. The highest BCUT2D eigenvalue weighted by Crippen LogP contribution is 2.43. The number of nitro benzene ring substituents is 1. The molecule has 0 fully saturated rings. The minimum atomic E-state index is -4.88. The van der Waals surface area contributed by atoms with Gasteiger partial charge in [-0.25, -0.2) is 0 Å². The van der Waals surface area contributed by atoms with E-state index in [1.54, 1.807) is 0 Å². The van der Waals surface area contributed by atoms with Gasteiger partial charge in [0.1, 0.15) is 23.2 Å². The van der Waals surface area contributed by atoms with Crippen molar-refractivity contribution in [3.05, 3.63) is 57.1 Å². The summed E-state index contributed by atoms with van der Waals surface area (Å²) in [7, 11) is 0. The molecule has 7 nitrogen and oxygen atoms in total. The van der Waals surface area contributed by atoms with Crippen molar-refractivity contribution in [3.63, 3.8) is 0 Å². The molecule has 28 heavy (non-hydrogen) atoms. The number of halogens is 4. The molecule has 0 unspecified atom stereocenters. The molecular formula is C17H11ClF3NO6. The van der Waals surface area contributed by atoms with Crippen molar-refractivity contribution in [2.24, 2.45) is 5.92 Å². The third-order valence-corrected chi connectivity index (χ3v) is 4.38. The second-order valence-corrected chi connectivity index (χ2v) is 6.38. The Labute approximate surface area is 160 Å². The van der Waals surface area contributed by atoms with Crippen LogP contribution in [-0.4, -0.2) is 28.3 Å². The number of nitro groups is 1. The molecular weight excluding hydrogens is 407 g/mol. The quantitative estimate of drug-likeness (QED) is 0.576. The van der Waals surface area contributed by atoms with Gasteiger partial charge in [-0.05, 0) is 30.2 Å². The number of ether oxygens (including phenoxy) is 2. The molecule has 1 aliphatic rings. The number of aliphatic carboxylic acids is 1. The van der Waals surface area contributed by atoms with E-state index in [1.807, 2.05) is 0 Å². The lowest BCUT2D eigenvalue weighted by Gasteiger charge is -2.32. The van der Waals surface area contributed by atoms with Crippen LogP contribution in [0.25, 0.3) is 0 Å². The summed E-state index contributed by atoms with van der Waals surface area (Å²) in [6, 6.07) is 7.39. The molecule has 1 aliphatic heterocycles. The van der Waals surface area contributed by atoms with Crippen LogP contribution >= 0.6 is 11.6 Å². The molecule has 0 aliphatic carbocycles. The van der Waals surface area contributed by atoms with E-state index in [2.05, 4.69) is 0 Å². The van der Waals surface area contributed by atoms with Gasteiger partial charge in [0.2, 0.25) is 6.10 Å². The van der Waals surface area contributed by atoms with Crippen molar-refractivity contribution >= 4 is 23.3 Å². The Kier molecular flexibility index (Phi) is 5.07. The first kappa shape index (κ1) is 19.7. The van der Waals surface area contributed by atoms with Gasteiger partial charge in [0.05, 0.1) is 9.95 Å². The maximum Gasteiger partial charge on any atom is 0.426 e. The monoisotopic (exact) mass is 417 g/mol. The summed E-state index contributed by atoms with van der Waals surface area (Å²) < 4.78 is 49.9. The maximum atomic E-state index is 13.2. The van der Waals surface area contributed by atoms with Gasteiger partial charge in [0.15, 0.2) is 0 Å². The molecule has 0 radical (unpaired) electrons. The van der Waals surface area contributed by atoms with Crippen LogP contribution in [0.4, 0.5) is 18.9 Å². The Balaban J connectivity index is 1.91. The summed E-state index contributed by atoms with van der Waals surface area (Å²) in [5, 5.41) is 19.8. The van der Waals surface area contributed by atoms with Crippen LogP contribution in [0.1, 0.15) is 5.56 Å². The first-order chi connectivity index (χ1) is 13.1. The number of alkyl halides is 3. The second-order valence-electron chi connectivity index (χ2n) is 5.97. The molecule has 2 aromatic carbocycles. The highest BCUT2D eigenvalue weighted by molar-refractivity contribution is 6.32. The molecule has 3 rings (SSSR count). The second kappa shape index (κ2) is 7.19. The van der Waals surface area contributed by atoms with Crippen LogP contribution in [0.3, 0.4) is 0 Å². The van der Waals surface area contributed by atoms with Crippen LogP contribution in [0.5, 0.6) is 17.2 Å². The topological polar surface area (TPSA) is 98.9 Å². The summed E-state index contributed by atoms with van der Waals surface area (Å²) in [6.07, 6.45) is -7.79.